The van der Waals surface area contributed by atoms with Crippen LogP contribution in [0.2, 0.25) is 5.02 Å². The predicted molar refractivity (Wildman–Crippen MR) is 168 cm³/mol. The summed E-state index contributed by atoms with van der Waals surface area (Å²) in [6.07, 6.45) is -0.0503. The lowest BCUT2D eigenvalue weighted by Crippen LogP contribution is -2.42. The fourth-order valence-corrected chi connectivity index (χ4v) is 6.42. The van der Waals surface area contributed by atoms with E-state index in [-0.39, 0.29) is 30.5 Å². The van der Waals surface area contributed by atoms with Crippen LogP contribution in [0.1, 0.15) is 50.2 Å². The van der Waals surface area contributed by atoms with Crippen LogP contribution >= 0.6 is 34.3 Å². The van der Waals surface area contributed by atoms with Crippen molar-refractivity contribution in [2.75, 3.05) is 18.0 Å². The number of aryl methyl sites for hydroxylation is 2. The highest BCUT2D eigenvalue weighted by atomic mass is 35.5. The Morgan fingerprint density at radius 1 is 1.15 bits per heavy atom. The van der Waals surface area contributed by atoms with E-state index in [2.05, 4.69) is 29.0 Å². The number of carbonyl (C=O) groups excluding carboxylic acids is 1. The zero-order valence-corrected chi connectivity index (χ0v) is 25.0. The molecule has 0 saturated heterocycles. The lowest BCUT2D eigenvalue weighted by molar-refractivity contribution is -0.120. The van der Waals surface area contributed by atoms with Crippen LogP contribution in [0, 0.1) is 55.3 Å². The van der Waals surface area contributed by atoms with Crippen LogP contribution in [0.4, 0.5) is 5.00 Å². The average molecular weight is 589 g/mol. The van der Waals surface area contributed by atoms with Crippen LogP contribution in [0.5, 0.6) is 0 Å². The summed E-state index contributed by atoms with van der Waals surface area (Å²) in [5.74, 6) is 12.0. The summed E-state index contributed by atoms with van der Waals surface area (Å²) in [7, 11) is 0. The molecular formula is C30H29ClN6OS2. The van der Waals surface area contributed by atoms with E-state index in [0.29, 0.717) is 17.3 Å². The Balaban J connectivity index is 1.59. The fourth-order valence-electron chi connectivity index (χ4n) is 4.22. The van der Waals surface area contributed by atoms with Crippen LogP contribution in [0.15, 0.2) is 35.3 Å². The summed E-state index contributed by atoms with van der Waals surface area (Å²) in [6, 6.07) is 8.51. The molecule has 1 amide bonds. The highest BCUT2D eigenvalue weighted by molar-refractivity contribution is 7.17. The molecule has 4 rings (SSSR count). The summed E-state index contributed by atoms with van der Waals surface area (Å²) < 4.78 is 0. The number of hydrogen-bond acceptors (Lipinski definition) is 7. The molecule has 40 heavy (non-hydrogen) atoms. The van der Waals surface area contributed by atoms with Gasteiger partial charge in [0.1, 0.15) is 22.7 Å². The molecule has 1 aromatic carbocycles. The van der Waals surface area contributed by atoms with Crippen molar-refractivity contribution in [3.05, 3.63) is 72.2 Å². The molecule has 1 aliphatic heterocycles. The molecule has 0 fully saturated rings. The Labute approximate surface area is 247 Å². The van der Waals surface area contributed by atoms with Crippen LogP contribution in [-0.4, -0.2) is 42.4 Å². The lowest BCUT2D eigenvalue weighted by atomic mass is 9.99. The number of thiophene rings is 2. The second kappa shape index (κ2) is 12.6. The van der Waals surface area contributed by atoms with E-state index in [9.17, 15) is 4.79 Å². The Hall–Kier alpha value is -3.73. The van der Waals surface area contributed by atoms with Gasteiger partial charge in [0, 0.05) is 31.5 Å². The molecule has 0 bridgehead atoms. The number of rotatable bonds is 4. The van der Waals surface area contributed by atoms with Crippen molar-refractivity contribution in [2.24, 2.45) is 10.7 Å². The van der Waals surface area contributed by atoms with E-state index in [4.69, 9.17) is 33.1 Å². The summed E-state index contributed by atoms with van der Waals surface area (Å²) >= 11 is 9.21. The Kier molecular flexibility index (Phi) is 9.24. The first kappa shape index (κ1) is 29.3. The SMILES string of the molecule is CC(=N)N1C(=N)[C@H](CC(=O)NCC#Cc2cc(C#CCN)c(C)s2)N=C(c2ccc(Cl)cc2)c2c1sc(C)c2C. The number of nitrogens with zero attached hydrogens (tertiary/aromatic N) is 2. The maximum Gasteiger partial charge on any atom is 0.223 e. The van der Waals surface area contributed by atoms with Gasteiger partial charge < -0.3 is 11.1 Å². The second-order valence-corrected chi connectivity index (χ2v) is 12.0. The molecular weight excluding hydrogens is 560 g/mol. The molecule has 3 heterocycles. The van der Waals surface area contributed by atoms with E-state index in [0.717, 1.165) is 41.9 Å². The molecule has 5 N–H and O–H groups in total. The molecule has 0 spiro atoms. The van der Waals surface area contributed by atoms with E-state index in [1.54, 1.807) is 35.3 Å². The van der Waals surface area contributed by atoms with Crippen molar-refractivity contribution in [1.82, 2.24) is 5.32 Å². The van der Waals surface area contributed by atoms with Gasteiger partial charge in [-0.25, -0.2) is 0 Å². The number of halogens is 1. The molecule has 1 atom stereocenters. The number of hydrogen-bond donors (Lipinski definition) is 4. The Morgan fingerprint density at radius 2 is 1.88 bits per heavy atom. The van der Waals surface area contributed by atoms with Gasteiger partial charge in [-0.1, -0.05) is 47.4 Å². The van der Waals surface area contributed by atoms with Gasteiger partial charge in [0.05, 0.1) is 30.1 Å². The topological polar surface area (TPSA) is 118 Å². The maximum absolute atomic E-state index is 13.0. The van der Waals surface area contributed by atoms with E-state index < -0.39 is 6.04 Å². The summed E-state index contributed by atoms with van der Waals surface area (Å²) in [5, 5.41) is 21.7. The highest BCUT2D eigenvalue weighted by Crippen LogP contribution is 2.40. The molecule has 10 heteroatoms. The minimum Gasteiger partial charge on any atom is -0.345 e. The van der Waals surface area contributed by atoms with Crippen LogP contribution in [-0.2, 0) is 4.79 Å². The van der Waals surface area contributed by atoms with Gasteiger partial charge >= 0.3 is 0 Å². The first-order chi connectivity index (χ1) is 19.1. The highest BCUT2D eigenvalue weighted by Gasteiger charge is 2.34. The number of anilines is 1. The van der Waals surface area contributed by atoms with Gasteiger partial charge in [0.25, 0.3) is 0 Å². The number of fused-ring (bicyclic) bond motifs is 1. The molecule has 204 valence electrons. The third-order valence-electron chi connectivity index (χ3n) is 6.31. The van der Waals surface area contributed by atoms with Gasteiger partial charge in [0.15, 0.2) is 0 Å². The average Bonchev–Trinajstić information content (AvgIpc) is 3.37. The van der Waals surface area contributed by atoms with Gasteiger partial charge in [0.2, 0.25) is 5.91 Å². The third-order valence-corrected chi connectivity index (χ3v) is 8.72. The zero-order valence-electron chi connectivity index (χ0n) is 22.7. The smallest absolute Gasteiger partial charge is 0.223 e. The second-order valence-electron chi connectivity index (χ2n) is 9.14. The number of aliphatic imine (C=N–C) groups is 1. The quantitative estimate of drug-likeness (QED) is 0.189. The summed E-state index contributed by atoms with van der Waals surface area (Å²) in [5.41, 5.74) is 9.80. The number of amidine groups is 2. The molecule has 3 aromatic rings. The first-order valence-electron chi connectivity index (χ1n) is 12.5. The Bertz CT molecular complexity index is 1640. The number of nitrogens with one attached hydrogen (secondary N) is 3. The lowest BCUT2D eigenvalue weighted by Gasteiger charge is -2.24. The Morgan fingerprint density at radius 3 is 2.55 bits per heavy atom. The van der Waals surface area contributed by atoms with Crippen LogP contribution in [0.3, 0.4) is 0 Å². The first-order valence-corrected chi connectivity index (χ1v) is 14.5. The minimum absolute atomic E-state index is 0.0503. The van der Waals surface area contributed by atoms with Gasteiger partial charge in [-0.3, -0.25) is 25.5 Å². The van der Waals surface area contributed by atoms with Crippen molar-refractivity contribution in [2.45, 2.75) is 40.2 Å². The van der Waals surface area contributed by atoms with E-state index >= 15 is 0 Å². The van der Waals surface area contributed by atoms with Gasteiger partial charge in [-0.2, -0.15) is 0 Å². The zero-order chi connectivity index (χ0) is 29.0. The van der Waals surface area contributed by atoms with Crippen molar-refractivity contribution in [1.29, 1.82) is 10.8 Å². The van der Waals surface area contributed by atoms with E-state index in [1.807, 2.05) is 39.0 Å². The monoisotopic (exact) mass is 588 g/mol. The van der Waals surface area contributed by atoms with E-state index in [1.165, 1.54) is 11.3 Å². The van der Waals surface area contributed by atoms with Crippen molar-refractivity contribution in [3.63, 3.8) is 0 Å². The molecule has 0 unspecified atom stereocenters. The number of carbonyl (C=O) groups is 1. The molecule has 0 radical (unpaired) electrons. The number of benzene rings is 1. The van der Waals surface area contributed by atoms with Crippen LogP contribution in [0.25, 0.3) is 0 Å². The largest absolute Gasteiger partial charge is 0.345 e. The number of nitrogens with two attached hydrogens (primary N) is 1. The standard InChI is InChI=1S/C30H29ClN6OS2/c1-17-18(2)40-30-27(17)28(21-9-11-23(31)12-10-21)36-25(29(34)37(30)20(4)33)16-26(38)35-14-6-8-24-15-22(7-5-13-32)19(3)39-24/h9-12,15,25,33-34H,13-14,16,32H2,1-4H3,(H,35,38)/t25-/m0/s1. The molecule has 2 aromatic heterocycles. The molecule has 0 saturated carbocycles. The minimum atomic E-state index is -0.790. The predicted octanol–water partition coefficient (Wildman–Crippen LogP) is 5.26. The summed E-state index contributed by atoms with van der Waals surface area (Å²) in [4.78, 5) is 22.6. The molecule has 1 aliphatic rings. The third kappa shape index (κ3) is 6.35. The van der Waals surface area contributed by atoms with Crippen LogP contribution < -0.4 is 16.0 Å². The van der Waals surface area contributed by atoms with Crippen molar-refractivity contribution in [3.8, 4) is 23.7 Å². The summed E-state index contributed by atoms with van der Waals surface area (Å²) in [6.45, 7) is 8.13. The maximum atomic E-state index is 13.0. The van der Waals surface area contributed by atoms with Gasteiger partial charge in [-0.15, -0.1) is 22.7 Å². The van der Waals surface area contributed by atoms with Crippen molar-refractivity contribution < 1.29 is 4.79 Å². The molecule has 0 aliphatic carbocycles. The number of amides is 1. The normalized spacial score (nSPS) is 14.2. The van der Waals surface area contributed by atoms with Gasteiger partial charge in [-0.05, 0) is 51.5 Å². The molecule has 7 nitrogen and oxygen atoms in total. The fraction of sp³-hybridized carbons (Fsp3) is 0.267. The van der Waals surface area contributed by atoms with Crippen molar-refractivity contribution >= 4 is 62.6 Å².